The third kappa shape index (κ3) is 5.54. The van der Waals surface area contributed by atoms with Crippen molar-refractivity contribution in [2.75, 3.05) is 5.32 Å². The number of hydrogen-bond donors (Lipinski definition) is 4. The average molecular weight is 431 g/mol. The van der Waals surface area contributed by atoms with E-state index in [0.717, 1.165) is 0 Å². The number of carbonyl (C=O) groups excluding carboxylic acids is 2. The van der Waals surface area contributed by atoms with Crippen molar-refractivity contribution in [3.05, 3.63) is 106 Å². The summed E-state index contributed by atoms with van der Waals surface area (Å²) in [6.07, 6.45) is 0. The number of amides is 2. The summed E-state index contributed by atoms with van der Waals surface area (Å²) in [6.45, 7) is 0.0322. The molecule has 32 heavy (non-hydrogen) atoms. The topological polar surface area (TPSA) is 151 Å². The molecule has 5 N–H and O–H groups in total. The number of benzene rings is 3. The minimum atomic E-state index is -1.14. The summed E-state index contributed by atoms with van der Waals surface area (Å²) < 4.78 is 0. The molecule has 0 bridgehead atoms. The van der Waals surface area contributed by atoms with Gasteiger partial charge in [0, 0.05) is 29.9 Å². The number of anilines is 1. The molecule has 0 aliphatic heterocycles. The van der Waals surface area contributed by atoms with E-state index in [1.807, 2.05) is 0 Å². The summed E-state index contributed by atoms with van der Waals surface area (Å²) in [7, 11) is 0. The number of nitro groups is 1. The summed E-state index contributed by atoms with van der Waals surface area (Å²) in [5.41, 5.74) is 7.37. The molecule has 3 rings (SSSR count). The molecular formula is C23H21N5O4. The summed E-state index contributed by atoms with van der Waals surface area (Å²) >= 11 is 0. The molecule has 0 saturated carbocycles. The van der Waals surface area contributed by atoms with Crippen molar-refractivity contribution in [2.24, 2.45) is 5.73 Å². The Morgan fingerprint density at radius 3 is 2.28 bits per heavy atom. The second-order valence-corrected chi connectivity index (χ2v) is 6.97. The molecular weight excluding hydrogens is 410 g/mol. The zero-order chi connectivity index (χ0) is 23.1. The highest BCUT2D eigenvalue weighted by molar-refractivity contribution is 6.11. The van der Waals surface area contributed by atoms with Crippen molar-refractivity contribution in [1.82, 2.24) is 5.32 Å². The molecule has 1 atom stereocenters. The lowest BCUT2D eigenvalue weighted by Crippen LogP contribution is -2.36. The second kappa shape index (κ2) is 9.98. The van der Waals surface area contributed by atoms with Gasteiger partial charge in [-0.05, 0) is 35.4 Å². The molecule has 0 aliphatic carbocycles. The zero-order valence-electron chi connectivity index (χ0n) is 16.9. The molecule has 0 heterocycles. The lowest BCUT2D eigenvalue weighted by atomic mass is 9.97. The van der Waals surface area contributed by atoms with Gasteiger partial charge in [-0.2, -0.15) is 0 Å². The van der Waals surface area contributed by atoms with Gasteiger partial charge in [0.05, 0.1) is 4.92 Å². The maximum Gasteiger partial charge on any atom is 0.269 e. The van der Waals surface area contributed by atoms with E-state index >= 15 is 0 Å². The Hall–Kier alpha value is -4.53. The number of nitro benzene ring substituents is 1. The van der Waals surface area contributed by atoms with E-state index < -0.39 is 22.7 Å². The van der Waals surface area contributed by atoms with Crippen LogP contribution in [0.1, 0.15) is 22.6 Å². The second-order valence-electron chi connectivity index (χ2n) is 6.97. The summed E-state index contributed by atoms with van der Waals surface area (Å²) in [4.78, 5) is 36.4. The van der Waals surface area contributed by atoms with E-state index in [1.165, 1.54) is 18.2 Å². The fraction of sp³-hybridized carbons (Fsp3) is 0.0870. The third-order valence-corrected chi connectivity index (χ3v) is 4.71. The van der Waals surface area contributed by atoms with E-state index in [1.54, 1.807) is 60.7 Å². The quantitative estimate of drug-likeness (QED) is 0.142. The molecule has 9 nitrogen and oxygen atoms in total. The lowest BCUT2D eigenvalue weighted by Gasteiger charge is -2.17. The van der Waals surface area contributed by atoms with E-state index in [9.17, 15) is 19.7 Å². The first-order valence-electron chi connectivity index (χ1n) is 9.66. The molecule has 0 spiro atoms. The van der Waals surface area contributed by atoms with Crippen LogP contribution in [0.3, 0.4) is 0 Å². The number of nitrogens with zero attached hydrogens (tertiary/aromatic N) is 1. The van der Waals surface area contributed by atoms with Crippen LogP contribution in [-0.4, -0.2) is 22.6 Å². The van der Waals surface area contributed by atoms with Gasteiger partial charge in [0.15, 0.2) is 0 Å². The Morgan fingerprint density at radius 1 is 0.969 bits per heavy atom. The first-order valence-corrected chi connectivity index (χ1v) is 9.66. The van der Waals surface area contributed by atoms with Crippen molar-refractivity contribution >= 4 is 29.0 Å². The van der Waals surface area contributed by atoms with Crippen LogP contribution in [0.4, 0.5) is 11.4 Å². The van der Waals surface area contributed by atoms with Gasteiger partial charge < -0.3 is 16.4 Å². The van der Waals surface area contributed by atoms with Gasteiger partial charge in [0.1, 0.15) is 11.8 Å². The van der Waals surface area contributed by atoms with Crippen molar-refractivity contribution in [3.63, 3.8) is 0 Å². The Balaban J connectivity index is 1.77. The highest BCUT2D eigenvalue weighted by atomic mass is 16.6. The van der Waals surface area contributed by atoms with Crippen molar-refractivity contribution < 1.29 is 14.5 Å². The van der Waals surface area contributed by atoms with E-state index in [4.69, 9.17) is 11.1 Å². The molecule has 2 amide bonds. The van der Waals surface area contributed by atoms with Gasteiger partial charge in [-0.1, -0.05) is 42.5 Å². The summed E-state index contributed by atoms with van der Waals surface area (Å²) in [5.74, 6) is -2.31. The minimum absolute atomic E-state index is 0.0322. The summed E-state index contributed by atoms with van der Waals surface area (Å²) in [6, 6.07) is 20.9. The number of amidine groups is 1. The van der Waals surface area contributed by atoms with Crippen LogP contribution in [0, 0.1) is 15.5 Å². The number of carbonyl (C=O) groups is 2. The third-order valence-electron chi connectivity index (χ3n) is 4.71. The molecule has 3 aromatic carbocycles. The molecule has 0 fully saturated rings. The van der Waals surface area contributed by atoms with Gasteiger partial charge in [-0.15, -0.1) is 0 Å². The maximum atomic E-state index is 13.0. The molecule has 1 unspecified atom stereocenters. The fourth-order valence-corrected chi connectivity index (χ4v) is 3.09. The van der Waals surface area contributed by atoms with Gasteiger partial charge in [0.2, 0.25) is 11.8 Å². The van der Waals surface area contributed by atoms with Crippen LogP contribution >= 0.6 is 0 Å². The number of nitrogens with one attached hydrogen (secondary N) is 3. The normalized spacial score (nSPS) is 11.2. The van der Waals surface area contributed by atoms with Crippen LogP contribution in [0.5, 0.6) is 0 Å². The average Bonchev–Trinajstić information content (AvgIpc) is 2.79. The van der Waals surface area contributed by atoms with E-state index in [0.29, 0.717) is 22.4 Å². The number of rotatable bonds is 8. The maximum absolute atomic E-state index is 13.0. The fourth-order valence-electron chi connectivity index (χ4n) is 3.09. The number of non-ortho nitro benzene ring substituents is 1. The largest absolute Gasteiger partial charge is 0.384 e. The predicted octanol–water partition coefficient (Wildman–Crippen LogP) is 2.92. The van der Waals surface area contributed by atoms with Gasteiger partial charge in [-0.3, -0.25) is 25.1 Å². The van der Waals surface area contributed by atoms with Crippen LogP contribution in [0.25, 0.3) is 0 Å². The van der Waals surface area contributed by atoms with E-state index in [-0.39, 0.29) is 18.1 Å². The van der Waals surface area contributed by atoms with Crippen molar-refractivity contribution in [1.29, 1.82) is 5.41 Å². The molecule has 9 heteroatoms. The van der Waals surface area contributed by atoms with Crippen molar-refractivity contribution in [3.8, 4) is 0 Å². The SMILES string of the molecule is N=C(N)c1ccc(NC(=O)C(C(=O)NCc2cccc([N+](=O)[O-])c2)c2ccccc2)cc1. The molecule has 0 radical (unpaired) electrons. The Labute approximate surface area is 183 Å². The highest BCUT2D eigenvalue weighted by Crippen LogP contribution is 2.20. The standard InChI is InChI=1S/C23H21N5O4/c24-21(25)17-9-11-18(12-10-17)27-23(30)20(16-6-2-1-3-7-16)22(29)26-14-15-5-4-8-19(13-15)28(31)32/h1-13,20H,14H2,(H3,24,25)(H,26,29)(H,27,30). The smallest absolute Gasteiger partial charge is 0.269 e. The van der Waals surface area contributed by atoms with E-state index in [2.05, 4.69) is 10.6 Å². The molecule has 3 aromatic rings. The lowest BCUT2D eigenvalue weighted by molar-refractivity contribution is -0.384. The predicted molar refractivity (Wildman–Crippen MR) is 120 cm³/mol. The molecule has 0 saturated heterocycles. The molecule has 162 valence electrons. The van der Waals surface area contributed by atoms with Crippen LogP contribution in [0.15, 0.2) is 78.9 Å². The minimum Gasteiger partial charge on any atom is -0.384 e. The molecule has 0 aliphatic rings. The zero-order valence-corrected chi connectivity index (χ0v) is 16.9. The van der Waals surface area contributed by atoms with Crippen molar-refractivity contribution in [2.45, 2.75) is 12.5 Å². The Kier molecular flexibility index (Phi) is 6.92. The van der Waals surface area contributed by atoms with Gasteiger partial charge >= 0.3 is 0 Å². The van der Waals surface area contributed by atoms with Gasteiger partial charge in [-0.25, -0.2) is 0 Å². The first-order chi connectivity index (χ1) is 15.3. The van der Waals surface area contributed by atoms with Crippen LogP contribution in [-0.2, 0) is 16.1 Å². The monoisotopic (exact) mass is 431 g/mol. The number of nitrogen functional groups attached to an aromatic ring is 1. The number of nitrogens with two attached hydrogens (primary N) is 1. The Morgan fingerprint density at radius 2 is 1.66 bits per heavy atom. The number of hydrogen-bond acceptors (Lipinski definition) is 5. The molecule has 0 aromatic heterocycles. The van der Waals surface area contributed by atoms with Gasteiger partial charge in [0.25, 0.3) is 5.69 Å². The Bertz CT molecular complexity index is 1150. The highest BCUT2D eigenvalue weighted by Gasteiger charge is 2.28. The first kappa shape index (κ1) is 22.2. The van der Waals surface area contributed by atoms with Crippen LogP contribution in [0.2, 0.25) is 0 Å². The summed E-state index contributed by atoms with van der Waals surface area (Å²) in [5, 5.41) is 23.8. The van der Waals surface area contributed by atoms with Crippen LogP contribution < -0.4 is 16.4 Å².